The van der Waals surface area contributed by atoms with E-state index in [1.807, 2.05) is 0 Å². The number of hydrogen-bond acceptors (Lipinski definition) is 5. The number of rotatable bonds is 5. The molecule has 0 fully saturated rings. The van der Waals surface area contributed by atoms with Gasteiger partial charge < -0.3 is 15.5 Å². The molecule has 1 rings (SSSR count). The van der Waals surface area contributed by atoms with E-state index in [4.69, 9.17) is 10.6 Å². The number of nitrogens with zero attached hydrogens (tertiary/aromatic N) is 1. The van der Waals surface area contributed by atoms with Crippen LogP contribution in [0.1, 0.15) is 24.2 Å². The third-order valence-electron chi connectivity index (χ3n) is 2.23. The molecular weight excluding hydrogens is 239 g/mol. The first-order valence-electron chi connectivity index (χ1n) is 5.34. The van der Waals surface area contributed by atoms with Crippen molar-refractivity contribution < 1.29 is 13.9 Å². The summed E-state index contributed by atoms with van der Waals surface area (Å²) in [4.78, 5) is 15.6. The highest BCUT2D eigenvalue weighted by atomic mass is 19.1. The summed E-state index contributed by atoms with van der Waals surface area (Å²) in [6.07, 6.45) is 1.30. The van der Waals surface area contributed by atoms with Gasteiger partial charge in [-0.2, -0.15) is 0 Å². The summed E-state index contributed by atoms with van der Waals surface area (Å²) in [5.74, 6) is 3.58. The molecule has 0 aromatic carbocycles. The number of nitrogen functional groups attached to an aromatic ring is 1. The molecule has 0 saturated carbocycles. The lowest BCUT2D eigenvalue weighted by Gasteiger charge is -2.25. The first-order chi connectivity index (χ1) is 8.41. The third kappa shape index (κ3) is 3.38. The number of hydrogen-bond donors (Lipinski definition) is 3. The number of carbonyl (C=O) groups excluding carboxylic acids is 1. The number of anilines is 1. The second kappa shape index (κ2) is 5.74. The van der Waals surface area contributed by atoms with Crippen molar-refractivity contribution in [2.75, 3.05) is 19.1 Å². The van der Waals surface area contributed by atoms with E-state index in [1.54, 1.807) is 13.8 Å². The highest BCUT2D eigenvalue weighted by Crippen LogP contribution is 2.15. The van der Waals surface area contributed by atoms with Gasteiger partial charge in [0.15, 0.2) is 11.6 Å². The van der Waals surface area contributed by atoms with Crippen molar-refractivity contribution in [3.8, 4) is 0 Å². The van der Waals surface area contributed by atoms with Gasteiger partial charge in [0.05, 0.1) is 17.7 Å². The molecule has 0 saturated heterocycles. The van der Waals surface area contributed by atoms with Crippen molar-refractivity contribution in [3.63, 3.8) is 0 Å². The van der Waals surface area contributed by atoms with Crippen LogP contribution in [0.5, 0.6) is 0 Å². The van der Waals surface area contributed by atoms with Crippen LogP contribution < -0.4 is 16.6 Å². The minimum atomic E-state index is -0.786. The Labute approximate surface area is 105 Å². The van der Waals surface area contributed by atoms with Crippen molar-refractivity contribution in [3.05, 3.63) is 23.6 Å². The van der Waals surface area contributed by atoms with Crippen LogP contribution in [0.3, 0.4) is 0 Å². The second-order valence-electron chi connectivity index (χ2n) is 4.44. The predicted octanol–water partition coefficient (Wildman–Crippen LogP) is 0.661. The average Bonchev–Trinajstić information content (AvgIpc) is 2.28. The minimum Gasteiger partial charge on any atom is -0.382 e. The molecule has 0 aliphatic carbocycles. The Balaban J connectivity index is 2.91. The fourth-order valence-corrected chi connectivity index (χ4v) is 1.49. The van der Waals surface area contributed by atoms with Gasteiger partial charge >= 0.3 is 0 Å². The molecule has 1 heterocycles. The number of amides is 1. The third-order valence-corrected chi connectivity index (χ3v) is 2.23. The largest absolute Gasteiger partial charge is 0.382 e. The normalized spacial score (nSPS) is 11.2. The predicted molar refractivity (Wildman–Crippen MR) is 65.4 cm³/mol. The zero-order valence-electron chi connectivity index (χ0n) is 10.6. The molecule has 6 nitrogen and oxygen atoms in total. The Bertz CT molecular complexity index is 437. The molecule has 0 unspecified atom stereocenters. The quantitative estimate of drug-likeness (QED) is 0.532. The number of methoxy groups -OCH3 is 1. The molecule has 0 aliphatic heterocycles. The van der Waals surface area contributed by atoms with Crippen molar-refractivity contribution in [2.45, 2.75) is 19.4 Å². The number of nitrogens with two attached hydrogens (primary N) is 1. The lowest BCUT2D eigenvalue weighted by molar-refractivity contribution is 0.0816. The van der Waals surface area contributed by atoms with Crippen LogP contribution in [0.15, 0.2) is 12.3 Å². The minimum absolute atomic E-state index is 0.123. The highest BCUT2D eigenvalue weighted by molar-refractivity contribution is 5.95. The van der Waals surface area contributed by atoms with Crippen LogP contribution in [-0.2, 0) is 4.74 Å². The fourth-order valence-electron chi connectivity index (χ4n) is 1.49. The molecule has 0 radical (unpaired) electrons. The molecule has 1 aromatic rings. The van der Waals surface area contributed by atoms with Crippen molar-refractivity contribution in [2.24, 2.45) is 5.84 Å². The molecule has 0 atom stereocenters. The van der Waals surface area contributed by atoms with Gasteiger partial charge in [0, 0.05) is 13.3 Å². The number of ether oxygens (including phenoxy) is 1. The van der Waals surface area contributed by atoms with Crippen LogP contribution in [0.2, 0.25) is 0 Å². The topological polar surface area (TPSA) is 89.3 Å². The molecule has 0 bridgehead atoms. The SMILES string of the molecule is COCC(C)(C)NC(=O)c1ccnc(NN)c1F. The highest BCUT2D eigenvalue weighted by Gasteiger charge is 2.23. The zero-order valence-corrected chi connectivity index (χ0v) is 10.6. The smallest absolute Gasteiger partial charge is 0.254 e. The Hall–Kier alpha value is -1.73. The number of hydrazine groups is 1. The Morgan fingerprint density at radius 3 is 2.83 bits per heavy atom. The second-order valence-corrected chi connectivity index (χ2v) is 4.44. The average molecular weight is 256 g/mol. The molecule has 18 heavy (non-hydrogen) atoms. The van der Waals surface area contributed by atoms with E-state index in [0.717, 1.165) is 0 Å². The number of halogens is 1. The molecule has 1 amide bonds. The van der Waals surface area contributed by atoms with E-state index in [2.05, 4.69) is 15.7 Å². The van der Waals surface area contributed by atoms with Gasteiger partial charge in [0.25, 0.3) is 5.91 Å². The van der Waals surface area contributed by atoms with Crippen LogP contribution in [-0.4, -0.2) is 30.1 Å². The van der Waals surface area contributed by atoms with E-state index >= 15 is 0 Å². The molecule has 4 N–H and O–H groups in total. The van der Waals surface area contributed by atoms with Gasteiger partial charge in [0.1, 0.15) is 0 Å². The number of pyridine rings is 1. The lowest BCUT2D eigenvalue weighted by Crippen LogP contribution is -2.47. The van der Waals surface area contributed by atoms with Crippen molar-refractivity contribution >= 4 is 11.7 Å². The maximum absolute atomic E-state index is 13.8. The van der Waals surface area contributed by atoms with Gasteiger partial charge in [-0.3, -0.25) is 4.79 Å². The first-order valence-corrected chi connectivity index (χ1v) is 5.34. The van der Waals surface area contributed by atoms with Gasteiger partial charge in [-0.05, 0) is 19.9 Å². The molecule has 0 spiro atoms. The Morgan fingerprint density at radius 1 is 1.61 bits per heavy atom. The molecule has 100 valence electrons. The zero-order chi connectivity index (χ0) is 13.8. The van der Waals surface area contributed by atoms with Gasteiger partial charge in [-0.25, -0.2) is 15.2 Å². The summed E-state index contributed by atoms with van der Waals surface area (Å²) in [7, 11) is 1.53. The van der Waals surface area contributed by atoms with E-state index < -0.39 is 17.3 Å². The Morgan fingerprint density at radius 2 is 2.28 bits per heavy atom. The number of nitrogens with one attached hydrogen (secondary N) is 2. The maximum atomic E-state index is 13.8. The summed E-state index contributed by atoms with van der Waals surface area (Å²) in [5, 5.41) is 2.67. The van der Waals surface area contributed by atoms with Crippen LogP contribution in [0, 0.1) is 5.82 Å². The molecule has 1 aromatic heterocycles. The fraction of sp³-hybridized carbons (Fsp3) is 0.455. The van der Waals surface area contributed by atoms with Crippen molar-refractivity contribution in [1.82, 2.24) is 10.3 Å². The van der Waals surface area contributed by atoms with Crippen LogP contribution in [0.25, 0.3) is 0 Å². The summed E-state index contributed by atoms with van der Waals surface area (Å²) < 4.78 is 18.8. The number of aromatic nitrogens is 1. The maximum Gasteiger partial charge on any atom is 0.254 e. The monoisotopic (exact) mass is 256 g/mol. The lowest BCUT2D eigenvalue weighted by atomic mass is 10.1. The van der Waals surface area contributed by atoms with Gasteiger partial charge in [-0.15, -0.1) is 0 Å². The van der Waals surface area contributed by atoms with Gasteiger partial charge in [0.2, 0.25) is 0 Å². The van der Waals surface area contributed by atoms with Gasteiger partial charge in [-0.1, -0.05) is 0 Å². The van der Waals surface area contributed by atoms with Crippen LogP contribution >= 0.6 is 0 Å². The number of carbonyl (C=O) groups is 1. The van der Waals surface area contributed by atoms with Crippen LogP contribution in [0.4, 0.5) is 10.2 Å². The molecule has 0 aliphatic rings. The molecule has 7 heteroatoms. The van der Waals surface area contributed by atoms with Crippen molar-refractivity contribution in [1.29, 1.82) is 0 Å². The summed E-state index contributed by atoms with van der Waals surface area (Å²) in [5.41, 5.74) is 1.37. The van der Waals surface area contributed by atoms with E-state index in [1.165, 1.54) is 19.4 Å². The molecular formula is C11H17FN4O2. The van der Waals surface area contributed by atoms with E-state index in [-0.39, 0.29) is 11.4 Å². The Kier molecular flexibility index (Phi) is 4.57. The summed E-state index contributed by atoms with van der Waals surface area (Å²) >= 11 is 0. The van der Waals surface area contributed by atoms with E-state index in [0.29, 0.717) is 6.61 Å². The standard InChI is InChI=1S/C11H17FN4O2/c1-11(2,6-18-3)15-10(17)7-4-5-14-9(16-13)8(7)12/h4-5H,6,13H2,1-3H3,(H,14,16)(H,15,17). The van der Waals surface area contributed by atoms with E-state index in [9.17, 15) is 9.18 Å². The first kappa shape index (κ1) is 14.3. The summed E-state index contributed by atoms with van der Waals surface area (Å²) in [6, 6.07) is 1.29. The summed E-state index contributed by atoms with van der Waals surface area (Å²) in [6.45, 7) is 3.86.